The first-order valence-electron chi connectivity index (χ1n) is 4.31. The smallest absolute Gasteiger partial charge is 0.302 e. The highest BCUT2D eigenvalue weighted by atomic mass is 16.6. The third-order valence-corrected chi connectivity index (χ3v) is 2.24. The van der Waals surface area contributed by atoms with Crippen LogP contribution >= 0.6 is 0 Å². The van der Waals surface area contributed by atoms with Crippen LogP contribution in [0.2, 0.25) is 0 Å². The number of esters is 1. The minimum Gasteiger partial charge on any atom is -0.461 e. The van der Waals surface area contributed by atoms with Crippen molar-refractivity contribution in [1.82, 2.24) is 0 Å². The number of Topliss-reactive ketones (excluding diaryl/α,β-unsaturated/α-hetero) is 1. The van der Waals surface area contributed by atoms with Crippen molar-refractivity contribution in [2.75, 3.05) is 6.61 Å². The molecule has 3 atom stereocenters. The van der Waals surface area contributed by atoms with Gasteiger partial charge < -0.3 is 14.6 Å². The Morgan fingerprint density at radius 3 is 3.07 bits per heavy atom. The van der Waals surface area contributed by atoms with Gasteiger partial charge in [-0.3, -0.25) is 9.59 Å². The predicted octanol–water partition coefficient (Wildman–Crippen LogP) is -0.813. The van der Waals surface area contributed by atoms with E-state index < -0.39 is 18.2 Å². The van der Waals surface area contributed by atoms with Crippen molar-refractivity contribution in [3.05, 3.63) is 11.6 Å². The van der Waals surface area contributed by atoms with Crippen LogP contribution in [-0.2, 0) is 19.1 Å². The standard InChI is InChI=1S/C9H10O5/c1-4(10)13-3-5-2-6(11)8-9(14-8)7(5)12/h2,6,8-9,11H,3H2,1H3. The molecular weight excluding hydrogens is 188 g/mol. The first kappa shape index (κ1) is 9.36. The monoisotopic (exact) mass is 198 g/mol. The quantitative estimate of drug-likeness (QED) is 0.463. The summed E-state index contributed by atoms with van der Waals surface area (Å²) in [6, 6.07) is 0. The van der Waals surface area contributed by atoms with Crippen LogP contribution in [0.25, 0.3) is 0 Å². The normalized spacial score (nSPS) is 34.6. The van der Waals surface area contributed by atoms with Crippen molar-refractivity contribution in [3.63, 3.8) is 0 Å². The van der Waals surface area contributed by atoms with E-state index in [9.17, 15) is 14.7 Å². The van der Waals surface area contributed by atoms with E-state index in [2.05, 4.69) is 4.74 Å². The van der Waals surface area contributed by atoms with E-state index in [0.29, 0.717) is 5.57 Å². The third kappa shape index (κ3) is 1.56. The lowest BCUT2D eigenvalue weighted by molar-refractivity contribution is -0.140. The fourth-order valence-corrected chi connectivity index (χ4v) is 1.46. The Hall–Kier alpha value is -1.20. The molecule has 1 fully saturated rings. The van der Waals surface area contributed by atoms with E-state index in [4.69, 9.17) is 4.74 Å². The zero-order chi connectivity index (χ0) is 10.3. The van der Waals surface area contributed by atoms with Gasteiger partial charge in [0.25, 0.3) is 0 Å². The third-order valence-electron chi connectivity index (χ3n) is 2.24. The number of epoxide rings is 1. The Kier molecular flexibility index (Phi) is 2.13. The second-order valence-corrected chi connectivity index (χ2v) is 3.35. The number of aliphatic hydroxyl groups is 1. The molecule has 0 aromatic heterocycles. The maximum absolute atomic E-state index is 11.4. The van der Waals surface area contributed by atoms with Crippen molar-refractivity contribution < 1.29 is 24.2 Å². The molecule has 0 saturated carbocycles. The molecule has 5 heteroatoms. The van der Waals surface area contributed by atoms with Gasteiger partial charge in [-0.05, 0) is 6.08 Å². The molecule has 0 radical (unpaired) electrons. The Morgan fingerprint density at radius 1 is 1.71 bits per heavy atom. The van der Waals surface area contributed by atoms with Crippen LogP contribution in [0.3, 0.4) is 0 Å². The molecule has 0 aromatic rings. The molecule has 3 unspecified atom stereocenters. The highest BCUT2D eigenvalue weighted by Crippen LogP contribution is 2.33. The second-order valence-electron chi connectivity index (χ2n) is 3.35. The molecule has 2 aliphatic rings. The minimum absolute atomic E-state index is 0.0855. The first-order valence-corrected chi connectivity index (χ1v) is 4.31. The van der Waals surface area contributed by atoms with Crippen LogP contribution in [-0.4, -0.2) is 41.8 Å². The summed E-state index contributed by atoms with van der Waals surface area (Å²) in [6.45, 7) is 1.18. The van der Waals surface area contributed by atoms with Crippen LogP contribution in [0.5, 0.6) is 0 Å². The summed E-state index contributed by atoms with van der Waals surface area (Å²) in [7, 11) is 0. The van der Waals surface area contributed by atoms with Gasteiger partial charge >= 0.3 is 5.97 Å². The number of ether oxygens (including phenoxy) is 2. The molecule has 1 aliphatic carbocycles. The molecule has 1 saturated heterocycles. The van der Waals surface area contributed by atoms with Gasteiger partial charge in [-0.1, -0.05) is 0 Å². The van der Waals surface area contributed by atoms with E-state index in [1.54, 1.807) is 0 Å². The van der Waals surface area contributed by atoms with E-state index in [0.717, 1.165) is 0 Å². The van der Waals surface area contributed by atoms with Crippen LogP contribution in [0.4, 0.5) is 0 Å². The number of ketones is 1. The zero-order valence-electron chi connectivity index (χ0n) is 7.60. The average Bonchev–Trinajstić information content (AvgIpc) is 2.88. The summed E-state index contributed by atoms with van der Waals surface area (Å²) in [5.41, 5.74) is 0.312. The number of rotatable bonds is 2. The molecule has 76 valence electrons. The maximum atomic E-state index is 11.4. The Labute approximate surface area is 80.3 Å². The number of carbonyl (C=O) groups excluding carboxylic acids is 2. The molecule has 2 rings (SSSR count). The SMILES string of the molecule is CC(=O)OCC1=CC(O)C2OC2C1=O. The fraction of sp³-hybridized carbons (Fsp3) is 0.556. The molecule has 0 amide bonds. The molecule has 0 bridgehead atoms. The highest BCUT2D eigenvalue weighted by molar-refractivity contribution is 6.02. The van der Waals surface area contributed by atoms with Gasteiger partial charge in [0.05, 0.1) is 0 Å². The summed E-state index contributed by atoms with van der Waals surface area (Å²) in [5.74, 6) is -0.645. The minimum atomic E-state index is -0.761. The largest absolute Gasteiger partial charge is 0.461 e. The molecule has 14 heavy (non-hydrogen) atoms. The Morgan fingerprint density at radius 2 is 2.43 bits per heavy atom. The topological polar surface area (TPSA) is 76.1 Å². The highest BCUT2D eigenvalue weighted by Gasteiger charge is 2.52. The number of hydrogen-bond donors (Lipinski definition) is 1. The Balaban J connectivity index is 2.03. The summed E-state index contributed by atoms with van der Waals surface area (Å²) in [4.78, 5) is 21.9. The molecule has 1 aliphatic heterocycles. The molecule has 1 heterocycles. The second kappa shape index (κ2) is 3.18. The number of aliphatic hydroxyl groups excluding tert-OH is 1. The summed E-state index contributed by atoms with van der Waals surface area (Å²) in [5, 5.41) is 9.38. The molecular formula is C9H10O5. The zero-order valence-corrected chi connectivity index (χ0v) is 7.60. The number of hydrogen-bond acceptors (Lipinski definition) is 5. The molecule has 0 spiro atoms. The van der Waals surface area contributed by atoms with Crippen molar-refractivity contribution in [2.45, 2.75) is 25.2 Å². The van der Waals surface area contributed by atoms with Gasteiger partial charge in [-0.2, -0.15) is 0 Å². The maximum Gasteiger partial charge on any atom is 0.302 e. The van der Waals surface area contributed by atoms with Crippen molar-refractivity contribution >= 4 is 11.8 Å². The van der Waals surface area contributed by atoms with Crippen molar-refractivity contribution in [3.8, 4) is 0 Å². The van der Waals surface area contributed by atoms with E-state index in [-0.39, 0.29) is 18.5 Å². The molecule has 1 N–H and O–H groups in total. The lowest BCUT2D eigenvalue weighted by atomic mass is 9.97. The van der Waals surface area contributed by atoms with Crippen LogP contribution in [0, 0.1) is 0 Å². The van der Waals surface area contributed by atoms with E-state index >= 15 is 0 Å². The van der Waals surface area contributed by atoms with Gasteiger partial charge in [0.2, 0.25) is 0 Å². The van der Waals surface area contributed by atoms with Gasteiger partial charge in [-0.15, -0.1) is 0 Å². The van der Waals surface area contributed by atoms with Gasteiger partial charge in [0, 0.05) is 12.5 Å². The summed E-state index contributed by atoms with van der Waals surface area (Å²) in [6.07, 6.45) is -0.285. The molecule has 5 nitrogen and oxygen atoms in total. The Bertz CT molecular complexity index is 319. The van der Waals surface area contributed by atoms with Crippen LogP contribution < -0.4 is 0 Å². The average molecular weight is 198 g/mol. The predicted molar refractivity (Wildman–Crippen MR) is 44.4 cm³/mol. The summed E-state index contributed by atoms with van der Waals surface area (Å²) < 4.78 is 9.62. The first-order chi connectivity index (χ1) is 6.59. The van der Waals surface area contributed by atoms with Crippen LogP contribution in [0.1, 0.15) is 6.92 Å². The lowest BCUT2D eigenvalue weighted by Crippen LogP contribution is -2.28. The fourth-order valence-electron chi connectivity index (χ4n) is 1.46. The van der Waals surface area contributed by atoms with Gasteiger partial charge in [-0.25, -0.2) is 0 Å². The number of fused-ring (bicyclic) bond motifs is 1. The number of carbonyl (C=O) groups is 2. The van der Waals surface area contributed by atoms with Gasteiger partial charge in [0.15, 0.2) is 5.78 Å². The van der Waals surface area contributed by atoms with E-state index in [1.165, 1.54) is 13.0 Å². The van der Waals surface area contributed by atoms with Gasteiger partial charge in [0.1, 0.15) is 24.9 Å². The van der Waals surface area contributed by atoms with E-state index in [1.807, 2.05) is 0 Å². The lowest BCUT2D eigenvalue weighted by Gasteiger charge is -2.11. The van der Waals surface area contributed by atoms with Crippen molar-refractivity contribution in [1.29, 1.82) is 0 Å². The summed E-state index contributed by atoms with van der Waals surface area (Å²) >= 11 is 0. The molecule has 0 aromatic carbocycles. The van der Waals surface area contributed by atoms with Crippen molar-refractivity contribution in [2.24, 2.45) is 0 Å². The van der Waals surface area contributed by atoms with Crippen LogP contribution in [0.15, 0.2) is 11.6 Å².